The van der Waals surface area contributed by atoms with Crippen LogP contribution in [0.25, 0.3) is 21.9 Å². The fourth-order valence-electron chi connectivity index (χ4n) is 6.01. The Morgan fingerprint density at radius 1 is 1.14 bits per heavy atom. The van der Waals surface area contributed by atoms with E-state index < -0.39 is 27.0 Å². The lowest BCUT2D eigenvalue weighted by Gasteiger charge is -2.37. The van der Waals surface area contributed by atoms with E-state index in [4.69, 9.17) is 0 Å². The summed E-state index contributed by atoms with van der Waals surface area (Å²) in [5, 5.41) is 16.8. The highest BCUT2D eigenvalue weighted by atomic mass is 32.2. The highest BCUT2D eigenvalue weighted by Gasteiger charge is 2.47. The lowest BCUT2D eigenvalue weighted by atomic mass is 10.1. The minimum absolute atomic E-state index is 0.0716. The molecular formula is C26H27F2N9O3S2. The molecule has 2 aliphatic carbocycles. The van der Waals surface area contributed by atoms with Crippen molar-refractivity contribution in [3.8, 4) is 11.2 Å². The van der Waals surface area contributed by atoms with Crippen molar-refractivity contribution in [2.24, 2.45) is 5.92 Å². The van der Waals surface area contributed by atoms with E-state index >= 15 is 0 Å². The maximum atomic E-state index is 13.6. The predicted molar refractivity (Wildman–Crippen MR) is 149 cm³/mol. The number of hydrogen-bond donors (Lipinski definition) is 1. The van der Waals surface area contributed by atoms with Crippen molar-refractivity contribution in [2.75, 3.05) is 31.1 Å². The first kappa shape index (κ1) is 27.2. The number of hydrogen-bond acceptors (Lipinski definition) is 9. The normalized spacial score (nSPS) is 19.3. The second-order valence-electron chi connectivity index (χ2n) is 11.1. The van der Waals surface area contributed by atoms with E-state index in [2.05, 4.69) is 26.0 Å². The van der Waals surface area contributed by atoms with Gasteiger partial charge >= 0.3 is 0 Å². The standard InChI is InChI=1S/C26H27F2N9O3S2/c27-21(28)22-31-32-25(41-22)37-19-14-17(42(39,40)33-26(15-29)5-6-26)13-18(20(19)36-8-7-30-24(36)37)34-9-11-35(12-10-34)23(38)16-3-1-2-4-16/h7-8,13-14,16,21,33H,1-6,9-12H2. The van der Waals surface area contributed by atoms with Gasteiger partial charge in [-0.2, -0.15) is 9.98 Å². The molecular weight excluding hydrogens is 588 g/mol. The number of carbonyl (C=O) groups is 1. The first-order valence-corrected chi connectivity index (χ1v) is 16.1. The Labute approximate surface area is 243 Å². The number of sulfonamides is 1. The SMILES string of the molecule is N#CC1(NS(=O)(=O)c2cc(N3CCN(C(=O)C4CCCC4)CC3)c3c(c2)n(-c2nnc(C(F)F)s2)c2nccn32)CC1. The van der Waals surface area contributed by atoms with Crippen molar-refractivity contribution >= 4 is 49.8 Å². The number of nitrogens with zero attached hydrogens (tertiary/aromatic N) is 8. The van der Waals surface area contributed by atoms with Gasteiger partial charge in [0.25, 0.3) is 6.43 Å². The van der Waals surface area contributed by atoms with Crippen molar-refractivity contribution in [3.05, 3.63) is 29.5 Å². The largest absolute Gasteiger partial charge is 0.366 e. The maximum absolute atomic E-state index is 13.6. The molecule has 16 heteroatoms. The third-order valence-corrected chi connectivity index (χ3v) is 10.8. The Bertz CT molecular complexity index is 1840. The number of halogens is 2. The Kier molecular flexibility index (Phi) is 6.44. The maximum Gasteiger partial charge on any atom is 0.291 e. The zero-order chi connectivity index (χ0) is 29.2. The van der Waals surface area contributed by atoms with Gasteiger partial charge in [0.15, 0.2) is 5.01 Å². The molecule has 0 spiro atoms. The van der Waals surface area contributed by atoms with Crippen LogP contribution < -0.4 is 9.62 Å². The van der Waals surface area contributed by atoms with Gasteiger partial charge in [-0.05, 0) is 37.8 Å². The van der Waals surface area contributed by atoms with E-state index in [9.17, 15) is 27.3 Å². The van der Waals surface area contributed by atoms with Gasteiger partial charge < -0.3 is 9.80 Å². The Morgan fingerprint density at radius 3 is 2.52 bits per heavy atom. The number of nitrogens with one attached hydrogen (secondary N) is 1. The van der Waals surface area contributed by atoms with Crippen molar-refractivity contribution in [2.45, 2.75) is 55.4 Å². The van der Waals surface area contributed by atoms with Gasteiger partial charge in [-0.3, -0.25) is 13.8 Å². The second-order valence-corrected chi connectivity index (χ2v) is 13.7. The lowest BCUT2D eigenvalue weighted by Crippen LogP contribution is -2.50. The molecule has 3 aliphatic rings. The highest BCUT2D eigenvalue weighted by molar-refractivity contribution is 7.89. The summed E-state index contributed by atoms with van der Waals surface area (Å²) < 4.78 is 59.9. The van der Waals surface area contributed by atoms with E-state index in [0.29, 0.717) is 72.9 Å². The molecule has 0 radical (unpaired) electrons. The average molecular weight is 616 g/mol. The van der Waals surface area contributed by atoms with Crippen LogP contribution in [0.3, 0.4) is 0 Å². The number of amides is 1. The van der Waals surface area contributed by atoms with Crippen LogP contribution >= 0.6 is 11.3 Å². The third-order valence-electron chi connectivity index (χ3n) is 8.39. The summed E-state index contributed by atoms with van der Waals surface area (Å²) in [6.07, 6.45) is 5.29. The van der Waals surface area contributed by atoms with Crippen LogP contribution in [0, 0.1) is 17.2 Å². The summed E-state index contributed by atoms with van der Waals surface area (Å²) in [5.41, 5.74) is 0.455. The molecule has 1 N–H and O–H groups in total. The van der Waals surface area contributed by atoms with Crippen LogP contribution in [0.2, 0.25) is 0 Å². The number of piperazine rings is 1. The smallest absolute Gasteiger partial charge is 0.291 e. The Hall–Kier alpha value is -3.68. The van der Waals surface area contributed by atoms with Gasteiger partial charge in [0, 0.05) is 44.5 Å². The molecule has 42 heavy (non-hydrogen) atoms. The number of anilines is 1. The van der Waals surface area contributed by atoms with Crippen LogP contribution in [0.4, 0.5) is 14.5 Å². The zero-order valence-corrected chi connectivity index (χ0v) is 24.0. The molecule has 0 bridgehead atoms. The summed E-state index contributed by atoms with van der Waals surface area (Å²) in [6.45, 7) is 1.93. The van der Waals surface area contributed by atoms with Gasteiger partial charge in [-0.1, -0.05) is 24.2 Å². The van der Waals surface area contributed by atoms with Crippen molar-refractivity contribution < 1.29 is 22.0 Å². The third kappa shape index (κ3) is 4.50. The van der Waals surface area contributed by atoms with Crippen molar-refractivity contribution in [1.82, 2.24) is 33.8 Å². The number of nitriles is 1. The van der Waals surface area contributed by atoms with Gasteiger partial charge in [-0.15, -0.1) is 10.2 Å². The lowest BCUT2D eigenvalue weighted by molar-refractivity contribution is -0.135. The molecule has 1 amide bonds. The predicted octanol–water partition coefficient (Wildman–Crippen LogP) is 3.24. The van der Waals surface area contributed by atoms with E-state index in [-0.39, 0.29) is 21.9 Å². The quantitative estimate of drug-likeness (QED) is 0.334. The minimum Gasteiger partial charge on any atom is -0.366 e. The minimum atomic E-state index is -4.14. The number of rotatable bonds is 7. The van der Waals surface area contributed by atoms with Gasteiger partial charge in [0.2, 0.25) is 26.8 Å². The van der Waals surface area contributed by atoms with Crippen LogP contribution in [0.5, 0.6) is 0 Å². The molecule has 2 saturated carbocycles. The Balaban J connectivity index is 1.35. The summed E-state index contributed by atoms with van der Waals surface area (Å²) in [5.74, 6) is 0.608. The molecule has 4 aromatic rings. The van der Waals surface area contributed by atoms with Gasteiger partial charge in [0.05, 0.1) is 27.7 Å². The first-order valence-electron chi connectivity index (χ1n) is 13.8. The topological polar surface area (TPSA) is 142 Å². The summed E-state index contributed by atoms with van der Waals surface area (Å²) in [7, 11) is -4.14. The fraction of sp³-hybridized carbons (Fsp3) is 0.500. The van der Waals surface area contributed by atoms with E-state index in [1.807, 2.05) is 9.80 Å². The molecule has 1 aromatic carbocycles. The molecule has 4 heterocycles. The first-order chi connectivity index (χ1) is 20.2. The molecule has 1 aliphatic heterocycles. The molecule has 0 unspecified atom stereocenters. The van der Waals surface area contributed by atoms with Crippen molar-refractivity contribution in [3.63, 3.8) is 0 Å². The Morgan fingerprint density at radius 2 is 1.88 bits per heavy atom. The highest BCUT2D eigenvalue weighted by Crippen LogP contribution is 2.39. The monoisotopic (exact) mass is 615 g/mol. The van der Waals surface area contributed by atoms with Crippen molar-refractivity contribution in [1.29, 1.82) is 5.26 Å². The van der Waals surface area contributed by atoms with Gasteiger partial charge in [0.1, 0.15) is 5.54 Å². The van der Waals surface area contributed by atoms with Crippen LogP contribution in [0.1, 0.15) is 50.0 Å². The van der Waals surface area contributed by atoms with E-state index in [1.165, 1.54) is 10.6 Å². The number of aromatic nitrogens is 5. The number of fused-ring (bicyclic) bond motifs is 3. The molecule has 7 rings (SSSR count). The van der Waals surface area contributed by atoms with Crippen LogP contribution in [-0.2, 0) is 14.8 Å². The molecule has 3 fully saturated rings. The number of imidazole rings is 2. The summed E-state index contributed by atoms with van der Waals surface area (Å²) >= 11 is 0.697. The number of benzene rings is 1. The molecule has 3 aromatic heterocycles. The average Bonchev–Trinajstić information content (AvgIpc) is 3.51. The van der Waals surface area contributed by atoms with Crippen LogP contribution in [-0.4, -0.2) is 75.1 Å². The number of carbonyl (C=O) groups excluding carboxylic acids is 1. The molecule has 0 atom stereocenters. The molecule has 220 valence electrons. The van der Waals surface area contributed by atoms with Crippen LogP contribution in [0.15, 0.2) is 29.4 Å². The number of alkyl halides is 2. The van der Waals surface area contributed by atoms with E-state index in [0.717, 1.165) is 25.7 Å². The summed E-state index contributed by atoms with van der Waals surface area (Å²) in [4.78, 5) is 21.3. The zero-order valence-electron chi connectivity index (χ0n) is 22.4. The summed E-state index contributed by atoms with van der Waals surface area (Å²) in [6, 6.07) is 5.08. The fourth-order valence-corrected chi connectivity index (χ4v) is 8.13. The van der Waals surface area contributed by atoms with E-state index in [1.54, 1.807) is 22.9 Å². The second kappa shape index (κ2) is 9.96. The molecule has 12 nitrogen and oxygen atoms in total. The molecule has 1 saturated heterocycles. The van der Waals surface area contributed by atoms with Gasteiger partial charge in [-0.25, -0.2) is 22.2 Å².